The summed E-state index contributed by atoms with van der Waals surface area (Å²) in [6.07, 6.45) is 3.91. The van der Waals surface area contributed by atoms with E-state index in [1.165, 1.54) is 43.3 Å². The normalized spacial score (nSPS) is 13.4. The van der Waals surface area contributed by atoms with Crippen molar-refractivity contribution in [2.45, 2.75) is 12.8 Å². The summed E-state index contributed by atoms with van der Waals surface area (Å²) in [5.74, 6) is 1.30. The van der Waals surface area contributed by atoms with Crippen molar-refractivity contribution in [2.75, 3.05) is 18.4 Å². The van der Waals surface area contributed by atoms with E-state index in [-0.39, 0.29) is 18.3 Å². The van der Waals surface area contributed by atoms with Crippen LogP contribution in [-0.4, -0.2) is 29.0 Å². The van der Waals surface area contributed by atoms with Crippen LogP contribution in [0, 0.1) is 11.7 Å². The van der Waals surface area contributed by atoms with Crippen molar-refractivity contribution in [1.29, 1.82) is 0 Å². The van der Waals surface area contributed by atoms with Crippen LogP contribution >= 0.6 is 0 Å². The average molecular weight is 316 g/mol. The maximum atomic E-state index is 12.9. The van der Waals surface area contributed by atoms with Crippen LogP contribution < -0.4 is 15.4 Å². The zero-order valence-corrected chi connectivity index (χ0v) is 12.5. The number of ether oxygens (including phenoxy) is 1. The molecule has 7 heteroatoms. The molecule has 2 N–H and O–H groups in total. The molecule has 120 valence electrons. The van der Waals surface area contributed by atoms with Gasteiger partial charge in [-0.1, -0.05) is 0 Å². The zero-order chi connectivity index (χ0) is 16.1. The third-order valence-electron chi connectivity index (χ3n) is 3.36. The van der Waals surface area contributed by atoms with Gasteiger partial charge in [0.15, 0.2) is 0 Å². The van der Waals surface area contributed by atoms with Gasteiger partial charge in [-0.05, 0) is 43.0 Å². The molecule has 0 saturated heterocycles. The number of carbonyl (C=O) groups excluding carboxylic acids is 1. The van der Waals surface area contributed by atoms with E-state index in [9.17, 15) is 9.18 Å². The van der Waals surface area contributed by atoms with Crippen LogP contribution in [0.2, 0.25) is 0 Å². The minimum atomic E-state index is -0.334. The van der Waals surface area contributed by atoms with Crippen LogP contribution in [-0.2, 0) is 4.79 Å². The third-order valence-corrected chi connectivity index (χ3v) is 3.36. The lowest BCUT2D eigenvalue weighted by Crippen LogP contribution is -2.31. The van der Waals surface area contributed by atoms with E-state index in [0.29, 0.717) is 23.5 Å². The summed E-state index contributed by atoms with van der Waals surface area (Å²) in [7, 11) is 0. The van der Waals surface area contributed by atoms with E-state index in [0.717, 1.165) is 6.54 Å². The SMILES string of the molecule is O=C(CNc1nccc(Oc2ccc(F)cc2)n1)NCC1CC1. The van der Waals surface area contributed by atoms with Gasteiger partial charge >= 0.3 is 0 Å². The van der Waals surface area contributed by atoms with Gasteiger partial charge in [0.2, 0.25) is 17.7 Å². The van der Waals surface area contributed by atoms with E-state index >= 15 is 0 Å². The standard InChI is InChI=1S/C16H17FN4O2/c17-12-3-5-13(6-4-12)23-15-7-8-18-16(21-15)20-10-14(22)19-9-11-1-2-11/h3-8,11H,1-2,9-10H2,(H,19,22)(H,18,20,21). The van der Waals surface area contributed by atoms with E-state index in [1.807, 2.05) is 0 Å². The lowest BCUT2D eigenvalue weighted by molar-refractivity contribution is -0.119. The van der Waals surface area contributed by atoms with Crippen molar-refractivity contribution in [1.82, 2.24) is 15.3 Å². The lowest BCUT2D eigenvalue weighted by Gasteiger charge is -2.08. The number of hydrogen-bond acceptors (Lipinski definition) is 5. The summed E-state index contributed by atoms with van der Waals surface area (Å²) in [4.78, 5) is 19.8. The molecule has 0 bridgehead atoms. The third kappa shape index (κ3) is 4.91. The predicted molar refractivity (Wildman–Crippen MR) is 82.7 cm³/mol. The minimum absolute atomic E-state index is 0.0923. The molecular weight excluding hydrogens is 299 g/mol. The lowest BCUT2D eigenvalue weighted by atomic mass is 10.3. The Morgan fingerprint density at radius 1 is 1.26 bits per heavy atom. The van der Waals surface area contributed by atoms with Crippen molar-refractivity contribution >= 4 is 11.9 Å². The van der Waals surface area contributed by atoms with Crippen molar-refractivity contribution in [2.24, 2.45) is 5.92 Å². The Hall–Kier alpha value is -2.70. The van der Waals surface area contributed by atoms with Gasteiger partial charge in [-0.3, -0.25) is 4.79 Å². The number of anilines is 1. The first-order valence-electron chi connectivity index (χ1n) is 7.46. The summed E-state index contributed by atoms with van der Waals surface area (Å²) in [5.41, 5.74) is 0. The highest BCUT2D eigenvalue weighted by Crippen LogP contribution is 2.27. The van der Waals surface area contributed by atoms with E-state index in [2.05, 4.69) is 20.6 Å². The fourth-order valence-electron chi connectivity index (χ4n) is 1.91. The van der Waals surface area contributed by atoms with Crippen LogP contribution in [0.4, 0.5) is 10.3 Å². The second-order valence-electron chi connectivity index (χ2n) is 5.38. The molecular formula is C16H17FN4O2. The summed E-state index contributed by atoms with van der Waals surface area (Å²) in [5, 5.41) is 5.70. The maximum Gasteiger partial charge on any atom is 0.239 e. The van der Waals surface area contributed by atoms with Crippen LogP contribution in [0.15, 0.2) is 36.5 Å². The Bertz CT molecular complexity index is 674. The zero-order valence-electron chi connectivity index (χ0n) is 12.5. The minimum Gasteiger partial charge on any atom is -0.439 e. The van der Waals surface area contributed by atoms with E-state index < -0.39 is 0 Å². The number of halogens is 1. The van der Waals surface area contributed by atoms with Gasteiger partial charge < -0.3 is 15.4 Å². The van der Waals surface area contributed by atoms with E-state index in [4.69, 9.17) is 4.74 Å². The van der Waals surface area contributed by atoms with Gasteiger partial charge in [0.05, 0.1) is 6.54 Å². The molecule has 1 aromatic carbocycles. The largest absolute Gasteiger partial charge is 0.439 e. The molecule has 1 saturated carbocycles. The molecule has 3 rings (SSSR count). The molecule has 0 aliphatic heterocycles. The fraction of sp³-hybridized carbons (Fsp3) is 0.312. The quantitative estimate of drug-likeness (QED) is 0.820. The van der Waals surface area contributed by atoms with Crippen LogP contribution in [0.3, 0.4) is 0 Å². The summed E-state index contributed by atoms with van der Waals surface area (Å²) in [6.45, 7) is 0.835. The van der Waals surface area contributed by atoms with E-state index in [1.54, 1.807) is 6.07 Å². The van der Waals surface area contributed by atoms with Crippen molar-refractivity contribution in [3.05, 3.63) is 42.3 Å². The molecule has 0 radical (unpaired) electrons. The number of rotatable bonds is 7. The first-order chi connectivity index (χ1) is 11.2. The van der Waals surface area contributed by atoms with Gasteiger partial charge in [-0.15, -0.1) is 0 Å². The molecule has 1 amide bonds. The first kappa shape index (κ1) is 15.2. The Morgan fingerprint density at radius 3 is 2.78 bits per heavy atom. The molecule has 1 aromatic heterocycles. The summed E-state index contributed by atoms with van der Waals surface area (Å²) >= 11 is 0. The monoisotopic (exact) mass is 316 g/mol. The predicted octanol–water partition coefficient (Wildman–Crippen LogP) is 2.35. The Balaban J connectivity index is 1.51. The second kappa shape index (κ2) is 7.04. The van der Waals surface area contributed by atoms with Crippen molar-refractivity contribution in [3.8, 4) is 11.6 Å². The van der Waals surface area contributed by atoms with Gasteiger partial charge in [0.25, 0.3) is 0 Å². The molecule has 0 unspecified atom stereocenters. The number of hydrogen-bond donors (Lipinski definition) is 2. The second-order valence-corrected chi connectivity index (χ2v) is 5.38. The number of benzene rings is 1. The molecule has 0 spiro atoms. The highest BCUT2D eigenvalue weighted by Gasteiger charge is 2.21. The smallest absolute Gasteiger partial charge is 0.239 e. The van der Waals surface area contributed by atoms with Crippen molar-refractivity contribution in [3.63, 3.8) is 0 Å². The molecule has 1 heterocycles. The molecule has 1 aliphatic rings. The van der Waals surface area contributed by atoms with Gasteiger partial charge in [0, 0.05) is 18.8 Å². The molecule has 2 aromatic rings. The first-order valence-corrected chi connectivity index (χ1v) is 7.46. The highest BCUT2D eigenvalue weighted by atomic mass is 19.1. The average Bonchev–Trinajstić information content (AvgIpc) is 3.38. The Morgan fingerprint density at radius 2 is 2.04 bits per heavy atom. The summed E-state index contributed by atoms with van der Waals surface area (Å²) in [6, 6.07) is 7.22. The van der Waals surface area contributed by atoms with Gasteiger partial charge in [-0.2, -0.15) is 4.98 Å². The molecule has 6 nitrogen and oxygen atoms in total. The number of amides is 1. The Labute approximate surface area is 133 Å². The van der Waals surface area contributed by atoms with Crippen LogP contribution in [0.25, 0.3) is 0 Å². The maximum absolute atomic E-state index is 12.9. The topological polar surface area (TPSA) is 76.1 Å². The molecule has 1 fully saturated rings. The number of nitrogens with zero attached hydrogens (tertiary/aromatic N) is 2. The highest BCUT2D eigenvalue weighted by molar-refractivity contribution is 5.80. The fourth-order valence-corrected chi connectivity index (χ4v) is 1.91. The van der Waals surface area contributed by atoms with Crippen molar-refractivity contribution < 1.29 is 13.9 Å². The number of aromatic nitrogens is 2. The van der Waals surface area contributed by atoms with Gasteiger partial charge in [0.1, 0.15) is 11.6 Å². The Kier molecular flexibility index (Phi) is 4.65. The van der Waals surface area contributed by atoms with Gasteiger partial charge in [-0.25, -0.2) is 9.37 Å². The van der Waals surface area contributed by atoms with Crippen LogP contribution in [0.5, 0.6) is 11.6 Å². The molecule has 0 atom stereocenters. The number of nitrogens with one attached hydrogen (secondary N) is 2. The molecule has 1 aliphatic carbocycles. The number of carbonyl (C=O) groups is 1. The summed E-state index contributed by atoms with van der Waals surface area (Å²) < 4.78 is 18.4. The van der Waals surface area contributed by atoms with Crippen LogP contribution in [0.1, 0.15) is 12.8 Å². The molecule has 23 heavy (non-hydrogen) atoms.